The van der Waals surface area contributed by atoms with Gasteiger partial charge in [0.15, 0.2) is 16.6 Å². The Balaban J connectivity index is 2.30. The van der Waals surface area contributed by atoms with Crippen molar-refractivity contribution in [2.45, 2.75) is 142 Å². The van der Waals surface area contributed by atoms with Gasteiger partial charge >= 0.3 is 25.9 Å². The minimum Gasteiger partial charge on any atom is -0.437 e. The van der Waals surface area contributed by atoms with Crippen molar-refractivity contribution < 1.29 is 20.9 Å². The first-order chi connectivity index (χ1) is 17.0. The van der Waals surface area contributed by atoms with Crippen LogP contribution in [0.2, 0.25) is 71.0 Å². The van der Waals surface area contributed by atoms with E-state index in [4.69, 9.17) is 20.9 Å². The van der Waals surface area contributed by atoms with Gasteiger partial charge in [-0.05, 0) is 115 Å². The number of hydrogen-bond acceptors (Lipinski definition) is 5. The summed E-state index contributed by atoms with van der Waals surface area (Å²) in [7, 11) is -11.6. The normalized spacial score (nSPS) is 24.9. The quantitative estimate of drug-likeness (QED) is 0.130. The van der Waals surface area contributed by atoms with Crippen molar-refractivity contribution in [1.29, 1.82) is 0 Å². The van der Waals surface area contributed by atoms with Crippen molar-refractivity contribution in [2.24, 2.45) is 11.8 Å². The summed E-state index contributed by atoms with van der Waals surface area (Å²) in [6, 6.07) is 2.05. The smallest absolute Gasteiger partial charge is 0.437 e. The Kier molecular flexibility index (Phi) is 13.3. The van der Waals surface area contributed by atoms with Crippen LogP contribution in [0, 0.1) is 11.8 Å². The molecule has 2 aliphatic carbocycles. The van der Waals surface area contributed by atoms with Gasteiger partial charge in [-0.3, -0.25) is 0 Å². The Labute approximate surface area is 235 Å². The highest BCUT2D eigenvalue weighted by Crippen LogP contribution is 2.37. The largest absolute Gasteiger partial charge is 0.478 e. The van der Waals surface area contributed by atoms with E-state index in [9.17, 15) is 0 Å². The first-order valence-electron chi connectivity index (χ1n) is 15.1. The molecule has 1 fully saturated rings. The van der Waals surface area contributed by atoms with Gasteiger partial charge in [-0.2, -0.15) is 0 Å². The standard InChI is InChI=1S/C27H60O5Si5/c1-11-28-37(10,30-34(5,6)7)32-36(9,25-23-27-20-16-13-17-21-27)31-35(8,29-33(2,3)4)24-22-26-18-14-12-15-19-26/h13,16,26-27H,11-12,14-15,17-25H2,1-10H3. The van der Waals surface area contributed by atoms with Crippen molar-refractivity contribution in [2.75, 3.05) is 6.61 Å². The molecule has 218 valence electrons. The fourth-order valence-corrected chi connectivity index (χ4v) is 28.7. The maximum Gasteiger partial charge on any atom is 0.478 e. The van der Waals surface area contributed by atoms with E-state index in [1.165, 1.54) is 57.8 Å². The molecule has 0 aromatic rings. The summed E-state index contributed by atoms with van der Waals surface area (Å²) in [5.74, 6) is 1.55. The minimum atomic E-state index is -2.86. The van der Waals surface area contributed by atoms with E-state index < -0.39 is 42.6 Å². The monoisotopic (exact) mass is 604 g/mol. The summed E-state index contributed by atoms with van der Waals surface area (Å²) >= 11 is 0. The van der Waals surface area contributed by atoms with E-state index in [1.807, 2.05) is 6.92 Å². The van der Waals surface area contributed by atoms with Crippen LogP contribution in [0.5, 0.6) is 0 Å². The lowest BCUT2D eigenvalue weighted by Crippen LogP contribution is -2.62. The Morgan fingerprint density at radius 1 is 0.622 bits per heavy atom. The lowest BCUT2D eigenvalue weighted by Gasteiger charge is -2.45. The van der Waals surface area contributed by atoms with Gasteiger partial charge in [0.05, 0.1) is 0 Å². The summed E-state index contributed by atoms with van der Waals surface area (Å²) in [5, 5.41) is 0. The first kappa shape index (κ1) is 33.8. The van der Waals surface area contributed by atoms with Gasteiger partial charge in [0.25, 0.3) is 0 Å². The molecule has 5 nitrogen and oxygen atoms in total. The fraction of sp³-hybridized carbons (Fsp3) is 0.926. The predicted octanol–water partition coefficient (Wildman–Crippen LogP) is 9.19. The van der Waals surface area contributed by atoms with Crippen LogP contribution in [0.1, 0.15) is 71.1 Å². The van der Waals surface area contributed by atoms with E-state index in [-0.39, 0.29) is 0 Å². The molecule has 0 radical (unpaired) electrons. The van der Waals surface area contributed by atoms with Crippen molar-refractivity contribution in [3.05, 3.63) is 12.2 Å². The van der Waals surface area contributed by atoms with Crippen molar-refractivity contribution in [3.8, 4) is 0 Å². The van der Waals surface area contributed by atoms with Gasteiger partial charge in [0.1, 0.15) is 0 Å². The highest BCUT2D eigenvalue weighted by atomic mass is 28.5. The van der Waals surface area contributed by atoms with E-state index in [1.54, 1.807) is 0 Å². The Hall–Kier alpha value is 0.624. The van der Waals surface area contributed by atoms with Crippen LogP contribution in [0.15, 0.2) is 12.2 Å². The second kappa shape index (κ2) is 14.5. The molecule has 4 atom stereocenters. The lowest BCUT2D eigenvalue weighted by molar-refractivity contribution is 0.157. The molecule has 0 aromatic heterocycles. The molecule has 0 amide bonds. The molecule has 2 rings (SSSR count). The van der Waals surface area contributed by atoms with Gasteiger partial charge in [0.2, 0.25) is 0 Å². The van der Waals surface area contributed by atoms with Crippen LogP contribution in [-0.4, -0.2) is 49.2 Å². The van der Waals surface area contributed by atoms with Crippen LogP contribution < -0.4 is 0 Å². The van der Waals surface area contributed by atoms with Crippen LogP contribution in [0.25, 0.3) is 0 Å². The lowest BCUT2D eigenvalue weighted by atomic mass is 9.88. The summed E-state index contributed by atoms with van der Waals surface area (Å²) < 4.78 is 34.5. The zero-order valence-corrected chi connectivity index (χ0v) is 31.0. The zero-order valence-electron chi connectivity index (χ0n) is 26.0. The van der Waals surface area contributed by atoms with Gasteiger partial charge in [-0.1, -0.05) is 44.3 Å². The second-order valence-electron chi connectivity index (χ2n) is 13.9. The molecule has 0 saturated heterocycles. The average molecular weight is 605 g/mol. The van der Waals surface area contributed by atoms with E-state index in [2.05, 4.69) is 71.1 Å². The summed E-state index contributed by atoms with van der Waals surface area (Å²) in [5.41, 5.74) is 0. The average Bonchev–Trinajstić information content (AvgIpc) is 2.75. The zero-order chi connectivity index (χ0) is 27.8. The molecule has 0 heterocycles. The van der Waals surface area contributed by atoms with Crippen molar-refractivity contribution >= 4 is 42.6 Å². The maximum absolute atomic E-state index is 7.38. The molecule has 4 unspecified atom stereocenters. The molecule has 1 saturated carbocycles. The Bertz CT molecular complexity index is 706. The predicted molar refractivity (Wildman–Crippen MR) is 169 cm³/mol. The minimum absolute atomic E-state index is 0.604. The molecule has 0 bridgehead atoms. The van der Waals surface area contributed by atoms with Crippen LogP contribution in [0.4, 0.5) is 0 Å². The molecule has 10 heteroatoms. The molecule has 0 N–H and O–H groups in total. The number of allylic oxidation sites excluding steroid dienone is 2. The molecule has 0 spiro atoms. The number of hydrogen-bond donors (Lipinski definition) is 0. The van der Waals surface area contributed by atoms with E-state index in [0.29, 0.717) is 6.61 Å². The van der Waals surface area contributed by atoms with Crippen LogP contribution in [-0.2, 0) is 20.9 Å². The topological polar surface area (TPSA) is 46.2 Å². The van der Waals surface area contributed by atoms with Gasteiger partial charge in [0, 0.05) is 13.2 Å². The highest BCUT2D eigenvalue weighted by molar-refractivity contribution is 6.90. The molecule has 0 aliphatic heterocycles. The number of rotatable bonds is 16. The van der Waals surface area contributed by atoms with E-state index >= 15 is 0 Å². The Morgan fingerprint density at radius 2 is 1.19 bits per heavy atom. The van der Waals surface area contributed by atoms with Gasteiger partial charge in [-0.15, -0.1) is 0 Å². The van der Waals surface area contributed by atoms with Crippen LogP contribution in [0.3, 0.4) is 0 Å². The van der Waals surface area contributed by atoms with Crippen molar-refractivity contribution in [1.82, 2.24) is 0 Å². The Morgan fingerprint density at radius 3 is 1.70 bits per heavy atom. The third-order valence-electron chi connectivity index (χ3n) is 7.37. The fourth-order valence-electron chi connectivity index (χ4n) is 6.17. The van der Waals surface area contributed by atoms with E-state index in [0.717, 1.165) is 30.3 Å². The van der Waals surface area contributed by atoms with Gasteiger partial charge < -0.3 is 20.9 Å². The molecule has 2 aliphatic rings. The molecule has 0 aromatic carbocycles. The van der Waals surface area contributed by atoms with Gasteiger partial charge in [-0.25, -0.2) is 0 Å². The third-order valence-corrected chi connectivity index (χ3v) is 25.4. The highest BCUT2D eigenvalue weighted by Gasteiger charge is 2.52. The van der Waals surface area contributed by atoms with Crippen molar-refractivity contribution in [3.63, 3.8) is 0 Å². The molecule has 37 heavy (non-hydrogen) atoms. The third kappa shape index (κ3) is 13.7. The van der Waals surface area contributed by atoms with Crippen LogP contribution >= 0.6 is 0 Å². The molecular weight excluding hydrogens is 545 g/mol. The molecular formula is C27H60O5Si5. The SMILES string of the molecule is CCO[Si](C)(O[Si](C)(C)C)O[Si](C)(CCC1CC=CCC1)O[Si](C)(CCC1CCCCC1)O[Si](C)(C)C. The first-order valence-corrected chi connectivity index (χ1v) is 29.2. The summed E-state index contributed by atoms with van der Waals surface area (Å²) in [4.78, 5) is 0. The summed E-state index contributed by atoms with van der Waals surface area (Å²) in [6.07, 6.45) is 17.6. The second-order valence-corrected chi connectivity index (χ2v) is 33.2. The maximum atomic E-state index is 7.38. The summed E-state index contributed by atoms with van der Waals surface area (Å²) in [6.45, 7) is 23.0.